The zero-order valence-corrected chi connectivity index (χ0v) is 16.4. The van der Waals surface area contributed by atoms with E-state index in [4.69, 9.17) is 0 Å². The molecule has 130 valence electrons. The molecule has 0 spiro atoms. The van der Waals surface area contributed by atoms with Crippen molar-refractivity contribution in [1.82, 2.24) is 4.90 Å². The average Bonchev–Trinajstić information content (AvgIpc) is 2.44. The predicted octanol–water partition coefficient (Wildman–Crippen LogP) is 5.15. The Balaban J connectivity index is 1.42. The lowest BCUT2D eigenvalue weighted by Gasteiger charge is -2.60. The van der Waals surface area contributed by atoms with Crippen LogP contribution in [0.25, 0.3) is 0 Å². The largest absolute Gasteiger partial charge is 0.343 e. The van der Waals surface area contributed by atoms with Crippen molar-refractivity contribution >= 4 is 21.8 Å². The third-order valence-corrected chi connectivity index (χ3v) is 8.49. The van der Waals surface area contributed by atoms with E-state index in [1.54, 1.807) is 0 Å². The average molecular weight is 382 g/mol. The maximum Gasteiger partial charge on any atom is 0.223 e. The van der Waals surface area contributed by atoms with E-state index in [0.29, 0.717) is 21.7 Å². The van der Waals surface area contributed by atoms with Gasteiger partial charge in [0.1, 0.15) is 0 Å². The summed E-state index contributed by atoms with van der Waals surface area (Å²) in [5.41, 5.74) is 0.320. The lowest BCUT2D eigenvalue weighted by atomic mass is 9.48. The number of alkyl halides is 1. The van der Waals surface area contributed by atoms with E-state index < -0.39 is 0 Å². The van der Waals surface area contributed by atoms with Gasteiger partial charge in [0.2, 0.25) is 5.91 Å². The van der Waals surface area contributed by atoms with Crippen LogP contribution >= 0.6 is 15.9 Å². The zero-order valence-electron chi connectivity index (χ0n) is 14.8. The van der Waals surface area contributed by atoms with Gasteiger partial charge in [-0.1, -0.05) is 22.9 Å². The molecule has 0 heterocycles. The Hall–Kier alpha value is -0.0500. The Morgan fingerprint density at radius 3 is 2.26 bits per heavy atom. The molecule has 0 aromatic rings. The standard InChI is InChI=1S/C20H32BrNO/c1-14-3-5-17(6-4-14)22(2)18(23)12-19-8-15-7-16(9-19)11-20(21,10-15)13-19/h14-17H,3-13H2,1-2H3. The van der Waals surface area contributed by atoms with Gasteiger partial charge in [0.15, 0.2) is 0 Å². The van der Waals surface area contributed by atoms with Crippen molar-refractivity contribution in [3.05, 3.63) is 0 Å². The molecule has 0 aromatic heterocycles. The molecule has 5 aliphatic carbocycles. The molecule has 23 heavy (non-hydrogen) atoms. The van der Waals surface area contributed by atoms with Crippen LogP contribution in [0, 0.1) is 23.2 Å². The van der Waals surface area contributed by atoms with Gasteiger partial charge in [-0.15, -0.1) is 0 Å². The second-order valence-corrected chi connectivity index (χ2v) is 11.4. The van der Waals surface area contributed by atoms with Gasteiger partial charge < -0.3 is 4.90 Å². The van der Waals surface area contributed by atoms with Crippen LogP contribution in [0.2, 0.25) is 0 Å². The molecular formula is C20H32BrNO. The van der Waals surface area contributed by atoms with Crippen molar-refractivity contribution in [2.24, 2.45) is 23.2 Å². The van der Waals surface area contributed by atoms with Gasteiger partial charge in [0.05, 0.1) is 0 Å². The number of hydrogen-bond donors (Lipinski definition) is 0. The molecule has 0 N–H and O–H groups in total. The van der Waals surface area contributed by atoms with Gasteiger partial charge in [0, 0.05) is 23.8 Å². The van der Waals surface area contributed by atoms with E-state index in [1.807, 2.05) is 0 Å². The molecule has 0 aromatic carbocycles. The normalized spacial score (nSPS) is 48.5. The highest BCUT2D eigenvalue weighted by Gasteiger charge is 2.57. The molecule has 2 atom stereocenters. The quantitative estimate of drug-likeness (QED) is 0.619. The van der Waals surface area contributed by atoms with E-state index in [1.165, 1.54) is 64.2 Å². The molecule has 0 saturated heterocycles. The first-order chi connectivity index (χ1) is 10.9. The van der Waals surface area contributed by atoms with Crippen LogP contribution in [-0.4, -0.2) is 28.2 Å². The molecule has 1 amide bonds. The summed E-state index contributed by atoms with van der Waals surface area (Å²) in [6.45, 7) is 2.35. The Morgan fingerprint density at radius 2 is 1.70 bits per heavy atom. The minimum atomic E-state index is 0.320. The Kier molecular flexibility index (Phi) is 4.10. The number of carbonyl (C=O) groups excluding carboxylic acids is 1. The Morgan fingerprint density at radius 1 is 1.09 bits per heavy atom. The highest BCUT2D eigenvalue weighted by Crippen LogP contribution is 2.65. The van der Waals surface area contributed by atoms with Crippen LogP contribution in [-0.2, 0) is 4.79 Å². The summed E-state index contributed by atoms with van der Waals surface area (Å²) in [4.78, 5) is 15.2. The topological polar surface area (TPSA) is 20.3 Å². The Labute approximate surface area is 149 Å². The van der Waals surface area contributed by atoms with Crippen LogP contribution in [0.15, 0.2) is 0 Å². The van der Waals surface area contributed by atoms with E-state index >= 15 is 0 Å². The monoisotopic (exact) mass is 381 g/mol. The van der Waals surface area contributed by atoms with Crippen molar-refractivity contribution in [3.63, 3.8) is 0 Å². The lowest BCUT2D eigenvalue weighted by molar-refractivity contribution is -0.139. The van der Waals surface area contributed by atoms with E-state index in [9.17, 15) is 4.79 Å². The highest BCUT2D eigenvalue weighted by atomic mass is 79.9. The summed E-state index contributed by atoms with van der Waals surface area (Å²) >= 11 is 4.08. The van der Waals surface area contributed by atoms with Gasteiger partial charge in [-0.25, -0.2) is 0 Å². The third kappa shape index (κ3) is 3.12. The molecule has 5 saturated carbocycles. The highest BCUT2D eigenvalue weighted by molar-refractivity contribution is 9.10. The van der Waals surface area contributed by atoms with Crippen LogP contribution in [0.4, 0.5) is 0 Å². The van der Waals surface area contributed by atoms with Gasteiger partial charge >= 0.3 is 0 Å². The summed E-state index contributed by atoms with van der Waals surface area (Å²) in [6.07, 6.45) is 13.9. The fourth-order valence-electron chi connectivity index (χ4n) is 6.82. The predicted molar refractivity (Wildman–Crippen MR) is 97.6 cm³/mol. The molecule has 4 bridgehead atoms. The SMILES string of the molecule is CC1CCC(N(C)C(=O)CC23CC4CC(CC(Br)(C4)C2)C3)CC1. The Bertz CT molecular complexity index is 468. The minimum absolute atomic E-state index is 0.320. The van der Waals surface area contributed by atoms with Gasteiger partial charge in [-0.3, -0.25) is 4.79 Å². The van der Waals surface area contributed by atoms with Crippen LogP contribution in [0.3, 0.4) is 0 Å². The number of rotatable bonds is 3. The van der Waals surface area contributed by atoms with Crippen molar-refractivity contribution in [2.45, 2.75) is 87.9 Å². The summed E-state index contributed by atoms with van der Waals surface area (Å²) in [5, 5.41) is 0. The van der Waals surface area contributed by atoms with E-state index in [-0.39, 0.29) is 0 Å². The van der Waals surface area contributed by atoms with E-state index in [0.717, 1.165) is 24.2 Å². The molecule has 5 fully saturated rings. The minimum Gasteiger partial charge on any atom is -0.343 e. The number of carbonyl (C=O) groups is 1. The maximum atomic E-state index is 13.0. The zero-order chi connectivity index (χ0) is 16.2. The first-order valence-electron chi connectivity index (χ1n) is 9.81. The van der Waals surface area contributed by atoms with Gasteiger partial charge in [0.25, 0.3) is 0 Å². The van der Waals surface area contributed by atoms with Gasteiger partial charge in [-0.05, 0) is 87.4 Å². The molecule has 2 unspecified atom stereocenters. The van der Waals surface area contributed by atoms with E-state index in [2.05, 4.69) is 34.8 Å². The van der Waals surface area contributed by atoms with Crippen molar-refractivity contribution < 1.29 is 4.79 Å². The number of amides is 1. The molecule has 0 aliphatic heterocycles. The number of nitrogens with zero attached hydrogens (tertiary/aromatic N) is 1. The van der Waals surface area contributed by atoms with Crippen LogP contribution in [0.1, 0.15) is 77.6 Å². The number of halogens is 1. The first kappa shape index (κ1) is 16.4. The molecule has 3 heteroatoms. The van der Waals surface area contributed by atoms with Crippen molar-refractivity contribution in [1.29, 1.82) is 0 Å². The van der Waals surface area contributed by atoms with Crippen molar-refractivity contribution in [2.75, 3.05) is 7.05 Å². The summed E-state index contributed by atoms with van der Waals surface area (Å²) in [6, 6.07) is 0.505. The molecule has 0 radical (unpaired) electrons. The summed E-state index contributed by atoms with van der Waals surface area (Å²) < 4.78 is 0.371. The fraction of sp³-hybridized carbons (Fsp3) is 0.950. The van der Waals surface area contributed by atoms with Crippen molar-refractivity contribution in [3.8, 4) is 0 Å². The third-order valence-electron chi connectivity index (χ3n) is 7.56. The lowest BCUT2D eigenvalue weighted by Crippen LogP contribution is -2.54. The smallest absolute Gasteiger partial charge is 0.223 e. The molecular weight excluding hydrogens is 350 g/mol. The molecule has 5 aliphatic rings. The summed E-state index contributed by atoms with van der Waals surface area (Å²) in [5.74, 6) is 3.04. The number of hydrogen-bond acceptors (Lipinski definition) is 1. The summed E-state index contributed by atoms with van der Waals surface area (Å²) in [7, 11) is 2.08. The fourth-order valence-corrected chi connectivity index (χ4v) is 8.33. The molecule has 2 nitrogen and oxygen atoms in total. The second-order valence-electron chi connectivity index (χ2n) is 9.71. The first-order valence-corrected chi connectivity index (χ1v) is 10.6. The maximum absolute atomic E-state index is 13.0. The van der Waals surface area contributed by atoms with Crippen LogP contribution < -0.4 is 0 Å². The second kappa shape index (κ2) is 5.75. The molecule has 5 rings (SSSR count). The van der Waals surface area contributed by atoms with Gasteiger partial charge in [-0.2, -0.15) is 0 Å². The van der Waals surface area contributed by atoms with Crippen LogP contribution in [0.5, 0.6) is 0 Å².